The second-order valence-electron chi connectivity index (χ2n) is 5.60. The fourth-order valence-corrected chi connectivity index (χ4v) is 2.88. The number of hydrogen-bond donors (Lipinski definition) is 1. The number of rotatable bonds is 4. The molecule has 0 aliphatic carbocycles. The average Bonchev–Trinajstić information content (AvgIpc) is 2.63. The van der Waals surface area contributed by atoms with Crippen LogP contribution < -0.4 is 10.2 Å². The van der Waals surface area contributed by atoms with Crippen LogP contribution in [0.5, 0.6) is 0 Å². The predicted molar refractivity (Wildman–Crippen MR) is 81.7 cm³/mol. The molecular formula is C16H27N3. The number of anilines is 1. The second-order valence-corrected chi connectivity index (χ2v) is 5.60. The lowest BCUT2D eigenvalue weighted by Gasteiger charge is -2.29. The second kappa shape index (κ2) is 6.90. The van der Waals surface area contributed by atoms with E-state index < -0.39 is 0 Å². The summed E-state index contributed by atoms with van der Waals surface area (Å²) < 4.78 is 0. The highest BCUT2D eigenvalue weighted by molar-refractivity contribution is 5.44. The first-order valence-electron chi connectivity index (χ1n) is 7.65. The normalized spacial score (nSPS) is 20.4. The van der Waals surface area contributed by atoms with E-state index in [2.05, 4.69) is 36.2 Å². The van der Waals surface area contributed by atoms with E-state index in [1.54, 1.807) is 0 Å². The molecule has 0 spiro atoms. The summed E-state index contributed by atoms with van der Waals surface area (Å²) in [7, 11) is 2.00. The van der Waals surface area contributed by atoms with Gasteiger partial charge in [-0.05, 0) is 50.9 Å². The van der Waals surface area contributed by atoms with Gasteiger partial charge in [0.15, 0.2) is 0 Å². The molecule has 1 aromatic heterocycles. The number of pyridine rings is 1. The lowest BCUT2D eigenvalue weighted by Crippen LogP contribution is -2.33. The number of hydrogen-bond acceptors (Lipinski definition) is 3. The van der Waals surface area contributed by atoms with Crippen LogP contribution >= 0.6 is 0 Å². The summed E-state index contributed by atoms with van der Waals surface area (Å²) in [5.41, 5.74) is 2.56. The van der Waals surface area contributed by atoms with Crippen molar-refractivity contribution in [3.05, 3.63) is 23.4 Å². The molecule has 106 valence electrons. The molecule has 0 amide bonds. The molecule has 3 nitrogen and oxygen atoms in total. The molecular weight excluding hydrogens is 234 g/mol. The fraction of sp³-hybridized carbons (Fsp3) is 0.688. The Balaban J connectivity index is 2.27. The van der Waals surface area contributed by atoms with Crippen LogP contribution in [-0.4, -0.2) is 24.6 Å². The van der Waals surface area contributed by atoms with Gasteiger partial charge in [0.25, 0.3) is 0 Å². The van der Waals surface area contributed by atoms with E-state index in [0.29, 0.717) is 6.04 Å². The maximum Gasteiger partial charge on any atom is 0.129 e. The summed E-state index contributed by atoms with van der Waals surface area (Å²) in [4.78, 5) is 7.35. The molecule has 2 rings (SSSR count). The minimum atomic E-state index is 0.615. The Hall–Kier alpha value is -1.09. The molecule has 1 aliphatic heterocycles. The number of aromatic nitrogens is 1. The molecule has 3 heteroatoms. The van der Waals surface area contributed by atoms with E-state index in [0.717, 1.165) is 19.5 Å². The van der Waals surface area contributed by atoms with E-state index >= 15 is 0 Å². The Labute approximate surface area is 117 Å². The summed E-state index contributed by atoms with van der Waals surface area (Å²) in [6, 6.07) is 5.10. The average molecular weight is 261 g/mol. The lowest BCUT2D eigenvalue weighted by atomic mass is 10.1. The zero-order valence-electron chi connectivity index (χ0n) is 12.6. The third kappa shape index (κ3) is 3.69. The van der Waals surface area contributed by atoms with Gasteiger partial charge in [0, 0.05) is 24.8 Å². The number of nitrogens with zero attached hydrogens (tertiary/aromatic N) is 2. The van der Waals surface area contributed by atoms with Crippen LogP contribution in [0, 0.1) is 0 Å². The van der Waals surface area contributed by atoms with Gasteiger partial charge in [0.2, 0.25) is 0 Å². The molecule has 1 N–H and O–H groups in total. The highest BCUT2D eigenvalue weighted by Gasteiger charge is 2.19. The van der Waals surface area contributed by atoms with Crippen molar-refractivity contribution in [2.75, 3.05) is 18.5 Å². The lowest BCUT2D eigenvalue weighted by molar-refractivity contribution is 0.609. The first-order valence-corrected chi connectivity index (χ1v) is 7.65. The van der Waals surface area contributed by atoms with Gasteiger partial charge >= 0.3 is 0 Å². The molecule has 1 atom stereocenters. The van der Waals surface area contributed by atoms with Crippen LogP contribution in [0.15, 0.2) is 12.1 Å². The minimum absolute atomic E-state index is 0.615. The van der Waals surface area contributed by atoms with Crippen LogP contribution in [0.1, 0.15) is 50.8 Å². The first-order chi connectivity index (χ1) is 9.24. The van der Waals surface area contributed by atoms with Crippen molar-refractivity contribution in [2.24, 2.45) is 0 Å². The van der Waals surface area contributed by atoms with Crippen molar-refractivity contribution in [2.45, 2.75) is 58.5 Å². The SMILES string of the molecule is CCc1cc(CNC)cc(N2CCCCCC2C)n1. The van der Waals surface area contributed by atoms with Gasteiger partial charge in [-0.25, -0.2) is 4.98 Å². The Bertz CT molecular complexity index is 403. The molecule has 1 saturated heterocycles. The summed E-state index contributed by atoms with van der Waals surface area (Å²) in [6.07, 6.45) is 6.31. The molecule has 1 unspecified atom stereocenters. The molecule has 1 fully saturated rings. The summed E-state index contributed by atoms with van der Waals surface area (Å²) >= 11 is 0. The molecule has 19 heavy (non-hydrogen) atoms. The smallest absolute Gasteiger partial charge is 0.129 e. The number of nitrogens with one attached hydrogen (secondary N) is 1. The van der Waals surface area contributed by atoms with E-state index in [1.807, 2.05) is 7.05 Å². The van der Waals surface area contributed by atoms with Crippen LogP contribution in [0.2, 0.25) is 0 Å². The molecule has 1 aromatic rings. The highest BCUT2D eigenvalue weighted by atomic mass is 15.2. The Morgan fingerprint density at radius 3 is 2.89 bits per heavy atom. The largest absolute Gasteiger partial charge is 0.354 e. The molecule has 1 aliphatic rings. The van der Waals surface area contributed by atoms with Crippen LogP contribution in [-0.2, 0) is 13.0 Å². The van der Waals surface area contributed by atoms with Crippen molar-refractivity contribution in [3.63, 3.8) is 0 Å². The van der Waals surface area contributed by atoms with Crippen molar-refractivity contribution in [1.29, 1.82) is 0 Å². The standard InChI is InChI=1S/C16H27N3/c1-4-15-10-14(12-17-3)11-16(18-15)19-9-7-5-6-8-13(19)2/h10-11,13,17H,4-9,12H2,1-3H3. The minimum Gasteiger partial charge on any atom is -0.354 e. The first kappa shape index (κ1) is 14.3. The molecule has 2 heterocycles. The van der Waals surface area contributed by atoms with Gasteiger partial charge in [-0.3, -0.25) is 0 Å². The summed E-state index contributed by atoms with van der Waals surface area (Å²) in [6.45, 7) is 6.59. The Kier molecular flexibility index (Phi) is 5.20. The Morgan fingerprint density at radius 2 is 2.16 bits per heavy atom. The third-order valence-corrected chi connectivity index (χ3v) is 4.02. The van der Waals surface area contributed by atoms with Gasteiger partial charge in [0.1, 0.15) is 5.82 Å². The van der Waals surface area contributed by atoms with Crippen molar-refractivity contribution in [3.8, 4) is 0 Å². The van der Waals surface area contributed by atoms with Gasteiger partial charge in [-0.2, -0.15) is 0 Å². The van der Waals surface area contributed by atoms with E-state index in [4.69, 9.17) is 4.98 Å². The molecule has 0 saturated carbocycles. The summed E-state index contributed by atoms with van der Waals surface area (Å²) in [5, 5.41) is 3.24. The van der Waals surface area contributed by atoms with Gasteiger partial charge in [-0.1, -0.05) is 19.8 Å². The van der Waals surface area contributed by atoms with Crippen molar-refractivity contribution >= 4 is 5.82 Å². The Morgan fingerprint density at radius 1 is 1.32 bits per heavy atom. The topological polar surface area (TPSA) is 28.2 Å². The molecule has 0 radical (unpaired) electrons. The van der Waals surface area contributed by atoms with Gasteiger partial charge < -0.3 is 10.2 Å². The van der Waals surface area contributed by atoms with Crippen LogP contribution in [0.3, 0.4) is 0 Å². The molecule has 0 aromatic carbocycles. The van der Waals surface area contributed by atoms with Crippen molar-refractivity contribution < 1.29 is 0 Å². The van der Waals surface area contributed by atoms with Gasteiger partial charge in [0.05, 0.1) is 0 Å². The monoisotopic (exact) mass is 261 g/mol. The quantitative estimate of drug-likeness (QED) is 0.902. The zero-order valence-corrected chi connectivity index (χ0v) is 12.6. The number of aryl methyl sites for hydroxylation is 1. The van der Waals surface area contributed by atoms with Crippen LogP contribution in [0.4, 0.5) is 5.82 Å². The maximum atomic E-state index is 4.85. The predicted octanol–water partition coefficient (Wildman–Crippen LogP) is 3.13. The van der Waals surface area contributed by atoms with Gasteiger partial charge in [-0.15, -0.1) is 0 Å². The summed E-state index contributed by atoms with van der Waals surface area (Å²) in [5.74, 6) is 1.18. The van der Waals surface area contributed by atoms with E-state index in [1.165, 1.54) is 42.8 Å². The van der Waals surface area contributed by atoms with E-state index in [-0.39, 0.29) is 0 Å². The zero-order chi connectivity index (χ0) is 13.7. The maximum absolute atomic E-state index is 4.85. The third-order valence-electron chi connectivity index (χ3n) is 4.02. The van der Waals surface area contributed by atoms with Crippen molar-refractivity contribution in [1.82, 2.24) is 10.3 Å². The highest BCUT2D eigenvalue weighted by Crippen LogP contribution is 2.24. The van der Waals surface area contributed by atoms with Crippen LogP contribution in [0.25, 0.3) is 0 Å². The van der Waals surface area contributed by atoms with E-state index in [9.17, 15) is 0 Å². The fourth-order valence-electron chi connectivity index (χ4n) is 2.88. The molecule has 0 bridgehead atoms.